The molecule has 0 fully saturated rings. The molecule has 3 aromatic rings. The van der Waals surface area contributed by atoms with Crippen molar-refractivity contribution in [2.24, 2.45) is 0 Å². The minimum Gasteiger partial charge on any atom is -0.484 e. The van der Waals surface area contributed by atoms with Gasteiger partial charge in [-0.3, -0.25) is 19.6 Å². The molecule has 0 spiro atoms. The van der Waals surface area contributed by atoms with E-state index in [1.54, 1.807) is 36.9 Å². The van der Waals surface area contributed by atoms with Crippen LogP contribution in [0.4, 0.5) is 0 Å². The maximum atomic E-state index is 12.0. The van der Waals surface area contributed by atoms with Crippen LogP contribution < -0.4 is 15.4 Å². The van der Waals surface area contributed by atoms with E-state index in [0.29, 0.717) is 25.3 Å². The van der Waals surface area contributed by atoms with Gasteiger partial charge in [0.2, 0.25) is 5.91 Å². The number of amides is 2. The molecule has 0 atom stereocenters. The summed E-state index contributed by atoms with van der Waals surface area (Å²) in [6.07, 6.45) is 10.6. The molecule has 2 heterocycles. The van der Waals surface area contributed by atoms with Gasteiger partial charge >= 0.3 is 0 Å². The Kier molecular flexibility index (Phi) is 8.31. The molecule has 0 aliphatic carbocycles. The zero-order chi connectivity index (χ0) is 21.7. The number of pyridine rings is 2. The van der Waals surface area contributed by atoms with Crippen LogP contribution >= 0.6 is 0 Å². The van der Waals surface area contributed by atoms with E-state index in [0.717, 1.165) is 16.7 Å². The Morgan fingerprint density at radius 1 is 0.935 bits per heavy atom. The van der Waals surface area contributed by atoms with Crippen molar-refractivity contribution < 1.29 is 14.3 Å². The van der Waals surface area contributed by atoms with E-state index >= 15 is 0 Å². The summed E-state index contributed by atoms with van der Waals surface area (Å²) in [4.78, 5) is 31.9. The van der Waals surface area contributed by atoms with Crippen molar-refractivity contribution in [3.05, 3.63) is 96.1 Å². The number of aromatic nitrogens is 2. The van der Waals surface area contributed by atoms with Crippen molar-refractivity contribution in [1.29, 1.82) is 0 Å². The lowest BCUT2D eigenvalue weighted by Gasteiger charge is -2.09. The summed E-state index contributed by atoms with van der Waals surface area (Å²) >= 11 is 0. The fraction of sp³-hybridized carbons (Fsp3) is 0.167. The van der Waals surface area contributed by atoms with Gasteiger partial charge in [0, 0.05) is 44.0 Å². The second-order valence-corrected chi connectivity index (χ2v) is 6.73. The summed E-state index contributed by atoms with van der Waals surface area (Å²) in [6.45, 7) is 0.829. The van der Waals surface area contributed by atoms with Crippen molar-refractivity contribution in [3.63, 3.8) is 0 Å². The number of carbonyl (C=O) groups excluding carboxylic acids is 2. The molecule has 0 unspecified atom stereocenters. The first-order valence-electron chi connectivity index (χ1n) is 9.92. The van der Waals surface area contributed by atoms with Gasteiger partial charge in [-0.25, -0.2) is 0 Å². The van der Waals surface area contributed by atoms with Gasteiger partial charge in [-0.15, -0.1) is 0 Å². The van der Waals surface area contributed by atoms with Crippen LogP contribution in [0.1, 0.15) is 16.7 Å². The predicted molar refractivity (Wildman–Crippen MR) is 118 cm³/mol. The fourth-order valence-electron chi connectivity index (χ4n) is 2.73. The smallest absolute Gasteiger partial charge is 0.258 e. The van der Waals surface area contributed by atoms with Gasteiger partial charge in [0.05, 0.1) is 0 Å². The third-order valence-electron chi connectivity index (χ3n) is 4.31. The third kappa shape index (κ3) is 8.10. The Balaban J connectivity index is 1.38. The van der Waals surface area contributed by atoms with E-state index in [1.807, 2.05) is 42.5 Å². The van der Waals surface area contributed by atoms with Gasteiger partial charge in [-0.1, -0.05) is 24.3 Å². The van der Waals surface area contributed by atoms with E-state index in [4.69, 9.17) is 4.74 Å². The summed E-state index contributed by atoms with van der Waals surface area (Å²) in [7, 11) is 0. The van der Waals surface area contributed by atoms with Crippen LogP contribution in [0.25, 0.3) is 6.08 Å². The number of rotatable bonds is 10. The van der Waals surface area contributed by atoms with Gasteiger partial charge < -0.3 is 15.4 Å². The minimum atomic E-state index is -0.207. The van der Waals surface area contributed by atoms with Gasteiger partial charge in [0.15, 0.2) is 6.61 Å². The van der Waals surface area contributed by atoms with Crippen LogP contribution in [0.5, 0.6) is 5.75 Å². The van der Waals surface area contributed by atoms with E-state index in [1.165, 1.54) is 6.08 Å². The normalized spacial score (nSPS) is 10.6. The van der Waals surface area contributed by atoms with Crippen LogP contribution in [-0.2, 0) is 22.6 Å². The molecular formula is C24H24N4O3. The molecule has 158 valence electrons. The zero-order valence-electron chi connectivity index (χ0n) is 17.0. The number of nitrogens with zero attached hydrogens (tertiary/aromatic N) is 2. The SMILES string of the molecule is O=C(C=Cc1cccnc1)NCCc1cccc(OCC(=O)NCc2cccnc2)c1. The molecule has 2 aromatic heterocycles. The first-order chi connectivity index (χ1) is 15.2. The summed E-state index contributed by atoms with van der Waals surface area (Å²) in [5.74, 6) is 0.236. The van der Waals surface area contributed by atoms with E-state index in [9.17, 15) is 9.59 Å². The second-order valence-electron chi connectivity index (χ2n) is 6.73. The van der Waals surface area contributed by atoms with E-state index < -0.39 is 0 Å². The van der Waals surface area contributed by atoms with Crippen molar-refractivity contribution in [2.45, 2.75) is 13.0 Å². The van der Waals surface area contributed by atoms with Crippen LogP contribution in [-0.4, -0.2) is 34.9 Å². The maximum absolute atomic E-state index is 12.0. The van der Waals surface area contributed by atoms with Gasteiger partial charge in [-0.05, 0) is 53.5 Å². The van der Waals surface area contributed by atoms with Crippen molar-refractivity contribution >= 4 is 17.9 Å². The number of benzene rings is 1. The molecule has 31 heavy (non-hydrogen) atoms. The fourth-order valence-corrected chi connectivity index (χ4v) is 2.73. The van der Waals surface area contributed by atoms with Crippen LogP contribution in [0, 0.1) is 0 Å². The molecule has 0 bridgehead atoms. The largest absolute Gasteiger partial charge is 0.484 e. The summed E-state index contributed by atoms with van der Waals surface area (Å²) < 4.78 is 5.58. The summed E-state index contributed by atoms with van der Waals surface area (Å²) in [5.41, 5.74) is 2.80. The van der Waals surface area contributed by atoms with Crippen molar-refractivity contribution in [1.82, 2.24) is 20.6 Å². The lowest BCUT2D eigenvalue weighted by Crippen LogP contribution is -2.28. The second kappa shape index (κ2) is 11.9. The molecule has 2 N–H and O–H groups in total. The molecule has 7 heteroatoms. The third-order valence-corrected chi connectivity index (χ3v) is 4.31. The molecule has 2 amide bonds. The first kappa shape index (κ1) is 21.7. The molecule has 0 saturated heterocycles. The van der Waals surface area contributed by atoms with Crippen LogP contribution in [0.15, 0.2) is 79.4 Å². The Morgan fingerprint density at radius 2 is 1.74 bits per heavy atom. The topological polar surface area (TPSA) is 93.2 Å². The Morgan fingerprint density at radius 3 is 2.52 bits per heavy atom. The molecule has 0 saturated carbocycles. The van der Waals surface area contributed by atoms with E-state index in [2.05, 4.69) is 20.6 Å². The minimum absolute atomic E-state index is 0.0699. The molecule has 3 rings (SSSR count). The van der Waals surface area contributed by atoms with Crippen molar-refractivity contribution in [2.75, 3.05) is 13.2 Å². The molecule has 7 nitrogen and oxygen atoms in total. The zero-order valence-corrected chi connectivity index (χ0v) is 17.0. The lowest BCUT2D eigenvalue weighted by atomic mass is 10.1. The molecule has 0 aliphatic heterocycles. The van der Waals surface area contributed by atoms with Crippen LogP contribution in [0.3, 0.4) is 0 Å². The highest BCUT2D eigenvalue weighted by Gasteiger charge is 2.04. The molecule has 0 radical (unpaired) electrons. The van der Waals surface area contributed by atoms with Gasteiger partial charge in [0.25, 0.3) is 5.91 Å². The highest BCUT2D eigenvalue weighted by molar-refractivity contribution is 5.91. The average molecular weight is 416 g/mol. The average Bonchev–Trinajstić information content (AvgIpc) is 2.82. The van der Waals surface area contributed by atoms with Gasteiger partial charge in [-0.2, -0.15) is 0 Å². The monoisotopic (exact) mass is 416 g/mol. The summed E-state index contributed by atoms with van der Waals surface area (Å²) in [6, 6.07) is 14.9. The number of hydrogen-bond donors (Lipinski definition) is 2. The quantitative estimate of drug-likeness (QED) is 0.496. The Bertz CT molecular complexity index is 1010. The lowest BCUT2D eigenvalue weighted by molar-refractivity contribution is -0.123. The molecular weight excluding hydrogens is 392 g/mol. The number of hydrogen-bond acceptors (Lipinski definition) is 5. The van der Waals surface area contributed by atoms with Gasteiger partial charge in [0.1, 0.15) is 5.75 Å². The number of ether oxygens (including phenoxy) is 1. The Hall–Kier alpha value is -4.00. The number of carbonyl (C=O) groups is 2. The molecule has 1 aromatic carbocycles. The number of nitrogens with one attached hydrogen (secondary N) is 2. The van der Waals surface area contributed by atoms with E-state index in [-0.39, 0.29) is 18.4 Å². The Labute approximate surface area is 181 Å². The maximum Gasteiger partial charge on any atom is 0.258 e. The highest BCUT2D eigenvalue weighted by Crippen LogP contribution is 2.13. The predicted octanol–water partition coefficient (Wildman–Crippen LogP) is 2.54. The first-order valence-corrected chi connectivity index (χ1v) is 9.92. The summed E-state index contributed by atoms with van der Waals surface area (Å²) in [5, 5.41) is 5.64. The molecule has 0 aliphatic rings. The standard InChI is InChI=1S/C24H24N4O3/c29-23(9-8-20-5-2-11-25-15-20)27-13-10-19-4-1-7-22(14-19)31-18-24(30)28-17-21-6-3-12-26-16-21/h1-9,11-12,14-16H,10,13,17-18H2,(H,27,29)(H,28,30). The van der Waals surface area contributed by atoms with Crippen molar-refractivity contribution in [3.8, 4) is 5.75 Å². The highest BCUT2D eigenvalue weighted by atomic mass is 16.5. The van der Waals surface area contributed by atoms with Crippen LogP contribution in [0.2, 0.25) is 0 Å².